The van der Waals surface area contributed by atoms with Crippen molar-refractivity contribution in [2.24, 2.45) is 5.73 Å². The summed E-state index contributed by atoms with van der Waals surface area (Å²) in [7, 11) is 0. The third-order valence-electron chi connectivity index (χ3n) is 3.57. The molecule has 1 aliphatic carbocycles. The largest absolute Gasteiger partial charge is 0.333 e. The molecule has 0 aromatic carbocycles. The molecule has 1 aromatic rings. The van der Waals surface area contributed by atoms with E-state index in [9.17, 15) is 0 Å². The lowest BCUT2D eigenvalue weighted by atomic mass is 9.83. The van der Waals surface area contributed by atoms with Gasteiger partial charge in [0, 0.05) is 31.1 Å². The minimum atomic E-state index is 0.339. The van der Waals surface area contributed by atoms with Gasteiger partial charge in [0.15, 0.2) is 0 Å². The van der Waals surface area contributed by atoms with Gasteiger partial charge in [-0.15, -0.1) is 0 Å². The van der Waals surface area contributed by atoms with Crippen LogP contribution in [-0.2, 0) is 13.0 Å². The Morgan fingerprint density at radius 2 is 2.21 bits per heavy atom. The molecule has 14 heavy (non-hydrogen) atoms. The van der Waals surface area contributed by atoms with Crippen LogP contribution in [0, 0.1) is 0 Å². The van der Waals surface area contributed by atoms with Crippen molar-refractivity contribution in [3.63, 3.8) is 0 Å². The summed E-state index contributed by atoms with van der Waals surface area (Å²) in [6.07, 6.45) is 8.45. The quantitative estimate of drug-likeness (QED) is 0.729. The summed E-state index contributed by atoms with van der Waals surface area (Å²) < 4.78 is 2.27. The van der Waals surface area contributed by atoms with Crippen LogP contribution < -0.4 is 5.73 Å². The van der Waals surface area contributed by atoms with Crippen LogP contribution in [0.2, 0.25) is 0 Å². The molecule has 0 saturated heterocycles. The van der Waals surface area contributed by atoms with Gasteiger partial charge in [-0.1, -0.05) is 6.42 Å². The fraction of sp³-hybridized carbons (Fsp3) is 0.727. The van der Waals surface area contributed by atoms with E-state index in [1.165, 1.54) is 30.8 Å². The Kier molecular flexibility index (Phi) is 1.87. The van der Waals surface area contributed by atoms with Crippen LogP contribution in [0.15, 0.2) is 6.20 Å². The normalized spacial score (nSPS) is 27.1. The molecular weight excluding hydrogens is 174 g/mol. The summed E-state index contributed by atoms with van der Waals surface area (Å²) in [5, 5.41) is 0. The Hall–Kier alpha value is -0.830. The Morgan fingerprint density at radius 3 is 2.93 bits per heavy atom. The van der Waals surface area contributed by atoms with Gasteiger partial charge in [0.2, 0.25) is 0 Å². The second kappa shape index (κ2) is 3.09. The number of aromatic nitrogens is 2. The predicted octanol–water partition coefficient (Wildman–Crippen LogP) is 1.42. The minimum Gasteiger partial charge on any atom is -0.333 e. The van der Waals surface area contributed by atoms with E-state index in [0.717, 1.165) is 25.3 Å². The van der Waals surface area contributed by atoms with Crippen molar-refractivity contribution in [3.8, 4) is 0 Å². The van der Waals surface area contributed by atoms with Crippen molar-refractivity contribution in [3.05, 3.63) is 17.7 Å². The van der Waals surface area contributed by atoms with E-state index in [1.807, 2.05) is 0 Å². The second-order valence-corrected chi connectivity index (χ2v) is 4.66. The maximum atomic E-state index is 5.93. The Bertz CT molecular complexity index is 338. The summed E-state index contributed by atoms with van der Waals surface area (Å²) in [5.41, 5.74) is 7.25. The smallest absolute Gasteiger partial charge is 0.109 e. The van der Waals surface area contributed by atoms with Gasteiger partial charge in [-0.3, -0.25) is 0 Å². The van der Waals surface area contributed by atoms with Crippen LogP contribution in [0.1, 0.15) is 43.1 Å². The topological polar surface area (TPSA) is 43.8 Å². The molecule has 3 heteroatoms. The number of aryl methyl sites for hydroxylation is 1. The molecule has 0 amide bonds. The highest BCUT2D eigenvalue weighted by Crippen LogP contribution is 2.36. The summed E-state index contributed by atoms with van der Waals surface area (Å²) >= 11 is 0. The first-order valence-electron chi connectivity index (χ1n) is 5.64. The number of imidazole rings is 1. The zero-order chi connectivity index (χ0) is 9.54. The first kappa shape index (κ1) is 8.48. The van der Waals surface area contributed by atoms with Gasteiger partial charge in [0.1, 0.15) is 5.82 Å². The van der Waals surface area contributed by atoms with Crippen molar-refractivity contribution in [1.29, 1.82) is 0 Å². The number of hydrogen-bond acceptors (Lipinski definition) is 2. The van der Waals surface area contributed by atoms with Crippen molar-refractivity contribution in [2.45, 2.75) is 50.6 Å². The molecule has 1 unspecified atom stereocenters. The van der Waals surface area contributed by atoms with Gasteiger partial charge in [-0.2, -0.15) is 0 Å². The average molecular weight is 191 g/mol. The van der Waals surface area contributed by atoms with Crippen LogP contribution >= 0.6 is 0 Å². The van der Waals surface area contributed by atoms with E-state index in [-0.39, 0.29) is 0 Å². The van der Waals surface area contributed by atoms with E-state index in [4.69, 9.17) is 10.7 Å². The van der Waals surface area contributed by atoms with Crippen molar-refractivity contribution >= 4 is 0 Å². The van der Waals surface area contributed by atoms with E-state index in [1.54, 1.807) is 0 Å². The molecule has 2 N–H and O–H groups in total. The number of fused-ring (bicyclic) bond motifs is 1. The highest BCUT2D eigenvalue weighted by molar-refractivity contribution is 5.14. The van der Waals surface area contributed by atoms with E-state index < -0.39 is 0 Å². The van der Waals surface area contributed by atoms with Crippen LogP contribution in [-0.4, -0.2) is 15.6 Å². The van der Waals surface area contributed by atoms with Gasteiger partial charge in [-0.25, -0.2) is 4.98 Å². The Labute approximate surface area is 84.3 Å². The monoisotopic (exact) mass is 191 g/mol. The third kappa shape index (κ3) is 1.27. The molecule has 1 fully saturated rings. The van der Waals surface area contributed by atoms with Crippen molar-refractivity contribution < 1.29 is 0 Å². The summed E-state index contributed by atoms with van der Waals surface area (Å²) in [6, 6.07) is 0.339. The van der Waals surface area contributed by atoms with E-state index >= 15 is 0 Å². The zero-order valence-corrected chi connectivity index (χ0v) is 8.45. The van der Waals surface area contributed by atoms with Gasteiger partial charge < -0.3 is 10.3 Å². The van der Waals surface area contributed by atoms with Gasteiger partial charge in [0.05, 0.1) is 5.69 Å². The third-order valence-corrected chi connectivity index (χ3v) is 3.57. The molecule has 1 saturated carbocycles. The highest BCUT2D eigenvalue weighted by Gasteiger charge is 2.25. The maximum absolute atomic E-state index is 5.93. The van der Waals surface area contributed by atoms with Crippen LogP contribution in [0.25, 0.3) is 0 Å². The summed E-state index contributed by atoms with van der Waals surface area (Å²) in [6.45, 7) is 0.967. The fourth-order valence-corrected chi connectivity index (χ4v) is 2.39. The number of nitrogens with two attached hydrogens (primary N) is 1. The lowest BCUT2D eigenvalue weighted by Crippen LogP contribution is -2.31. The highest BCUT2D eigenvalue weighted by atomic mass is 15.1. The molecule has 2 aliphatic rings. The van der Waals surface area contributed by atoms with Crippen molar-refractivity contribution in [2.75, 3.05) is 0 Å². The molecule has 0 spiro atoms. The summed E-state index contributed by atoms with van der Waals surface area (Å²) in [4.78, 5) is 4.71. The minimum absolute atomic E-state index is 0.339. The first-order chi connectivity index (χ1) is 6.83. The van der Waals surface area contributed by atoms with Gasteiger partial charge >= 0.3 is 0 Å². The molecular formula is C11H17N3. The van der Waals surface area contributed by atoms with Crippen LogP contribution in [0.5, 0.6) is 0 Å². The molecule has 1 atom stereocenters. The Balaban J connectivity index is 1.87. The SMILES string of the molecule is NC1CCc2nc(C3CCC3)cn2C1. The molecule has 3 rings (SSSR count). The molecule has 76 valence electrons. The van der Waals surface area contributed by atoms with Gasteiger partial charge in [0.25, 0.3) is 0 Å². The molecule has 1 aromatic heterocycles. The fourth-order valence-electron chi connectivity index (χ4n) is 2.39. The van der Waals surface area contributed by atoms with E-state index in [0.29, 0.717) is 6.04 Å². The molecule has 1 aliphatic heterocycles. The number of nitrogens with zero attached hydrogens (tertiary/aromatic N) is 2. The first-order valence-corrected chi connectivity index (χ1v) is 5.64. The lowest BCUT2D eigenvalue weighted by Gasteiger charge is -2.22. The summed E-state index contributed by atoms with van der Waals surface area (Å²) in [5.74, 6) is 2.01. The number of rotatable bonds is 1. The molecule has 0 radical (unpaired) electrons. The maximum Gasteiger partial charge on any atom is 0.109 e. The second-order valence-electron chi connectivity index (χ2n) is 4.66. The molecule has 2 heterocycles. The lowest BCUT2D eigenvalue weighted by molar-refractivity contribution is 0.412. The molecule has 0 bridgehead atoms. The van der Waals surface area contributed by atoms with Crippen LogP contribution in [0.3, 0.4) is 0 Å². The zero-order valence-electron chi connectivity index (χ0n) is 8.45. The Morgan fingerprint density at radius 1 is 1.36 bits per heavy atom. The predicted molar refractivity (Wildman–Crippen MR) is 55.1 cm³/mol. The van der Waals surface area contributed by atoms with Crippen molar-refractivity contribution in [1.82, 2.24) is 9.55 Å². The van der Waals surface area contributed by atoms with Gasteiger partial charge in [-0.05, 0) is 19.3 Å². The van der Waals surface area contributed by atoms with E-state index in [2.05, 4.69) is 10.8 Å². The number of hydrogen-bond donors (Lipinski definition) is 1. The average Bonchev–Trinajstić information content (AvgIpc) is 2.43. The standard InChI is InChI=1S/C11H17N3/c12-9-4-5-11-13-10(7-14(11)6-9)8-2-1-3-8/h7-9H,1-6,12H2. The molecule has 3 nitrogen and oxygen atoms in total. The van der Waals surface area contributed by atoms with Crippen LogP contribution in [0.4, 0.5) is 0 Å².